The van der Waals surface area contributed by atoms with E-state index in [-0.39, 0.29) is 0 Å². The molecule has 0 radical (unpaired) electrons. The summed E-state index contributed by atoms with van der Waals surface area (Å²) in [5, 5.41) is 0. The van der Waals surface area contributed by atoms with E-state index in [1.807, 2.05) is 12.1 Å². The van der Waals surface area contributed by atoms with Crippen LogP contribution in [0.15, 0.2) is 21.1 Å². The third-order valence-electron chi connectivity index (χ3n) is 2.98. The normalized spacial score (nSPS) is 15.9. The zero-order valence-corrected chi connectivity index (χ0v) is 12.2. The van der Waals surface area contributed by atoms with E-state index in [1.54, 1.807) is 0 Å². The molecule has 0 aromatic heterocycles. The van der Waals surface area contributed by atoms with Crippen LogP contribution < -0.4 is 10.5 Å². The zero-order chi connectivity index (χ0) is 11.5. The lowest BCUT2D eigenvalue weighted by Crippen LogP contribution is -2.19. The molecule has 1 aliphatic carbocycles. The van der Waals surface area contributed by atoms with Crippen molar-refractivity contribution in [3.05, 3.63) is 26.6 Å². The Labute approximate surface area is 113 Å². The van der Waals surface area contributed by atoms with E-state index < -0.39 is 0 Å². The molecule has 0 heterocycles. The van der Waals surface area contributed by atoms with Crippen LogP contribution in [0.3, 0.4) is 0 Å². The summed E-state index contributed by atoms with van der Waals surface area (Å²) < 4.78 is 7.78. The maximum Gasteiger partial charge on any atom is 0.147 e. The van der Waals surface area contributed by atoms with E-state index in [1.165, 1.54) is 19.3 Å². The predicted octanol–water partition coefficient (Wildman–Crippen LogP) is 3.85. The Kier molecular flexibility index (Phi) is 4.27. The fourth-order valence-corrected chi connectivity index (χ4v) is 3.24. The second-order valence-corrected chi connectivity index (χ2v) is 5.91. The number of benzene rings is 1. The third-order valence-corrected chi connectivity index (χ3v) is 4.16. The molecule has 1 saturated carbocycles. The first kappa shape index (κ1) is 12.4. The van der Waals surface area contributed by atoms with Crippen molar-refractivity contribution in [2.75, 3.05) is 6.61 Å². The SMILES string of the molecule is NCc1cc(Br)c(OCC2CCC2)c(Br)c1. The molecule has 4 heteroatoms. The van der Waals surface area contributed by atoms with Crippen LogP contribution in [0.2, 0.25) is 0 Å². The summed E-state index contributed by atoms with van der Waals surface area (Å²) in [4.78, 5) is 0. The predicted molar refractivity (Wildman–Crippen MR) is 72.6 cm³/mol. The molecule has 0 spiro atoms. The molecule has 2 nitrogen and oxygen atoms in total. The van der Waals surface area contributed by atoms with E-state index in [2.05, 4.69) is 31.9 Å². The van der Waals surface area contributed by atoms with Crippen LogP contribution >= 0.6 is 31.9 Å². The van der Waals surface area contributed by atoms with Gasteiger partial charge in [-0.05, 0) is 68.3 Å². The van der Waals surface area contributed by atoms with Crippen molar-refractivity contribution in [1.29, 1.82) is 0 Å². The average Bonchev–Trinajstić information content (AvgIpc) is 2.19. The lowest BCUT2D eigenvalue weighted by molar-refractivity contribution is 0.179. The Morgan fingerprint density at radius 1 is 1.25 bits per heavy atom. The van der Waals surface area contributed by atoms with Crippen LogP contribution in [0.25, 0.3) is 0 Å². The zero-order valence-electron chi connectivity index (χ0n) is 9.01. The molecular weight excluding hydrogens is 334 g/mol. The molecule has 1 aromatic carbocycles. The highest BCUT2D eigenvalue weighted by Gasteiger charge is 2.19. The molecule has 1 aromatic rings. The molecule has 1 fully saturated rings. The lowest BCUT2D eigenvalue weighted by Gasteiger charge is -2.25. The van der Waals surface area contributed by atoms with E-state index in [0.29, 0.717) is 6.54 Å². The molecule has 2 rings (SSSR count). The Hall–Kier alpha value is -0.0600. The van der Waals surface area contributed by atoms with Gasteiger partial charge in [0.15, 0.2) is 0 Å². The number of rotatable bonds is 4. The summed E-state index contributed by atoms with van der Waals surface area (Å²) in [6.45, 7) is 1.36. The second-order valence-electron chi connectivity index (χ2n) is 4.20. The van der Waals surface area contributed by atoms with Crippen molar-refractivity contribution in [1.82, 2.24) is 0 Å². The van der Waals surface area contributed by atoms with Crippen molar-refractivity contribution in [2.24, 2.45) is 11.7 Å². The summed E-state index contributed by atoms with van der Waals surface area (Å²) in [7, 11) is 0. The van der Waals surface area contributed by atoms with Crippen LogP contribution in [-0.2, 0) is 6.54 Å². The summed E-state index contributed by atoms with van der Waals surface area (Å²) >= 11 is 7.04. The molecule has 0 atom stereocenters. The Morgan fingerprint density at radius 3 is 2.31 bits per heavy atom. The monoisotopic (exact) mass is 347 g/mol. The Balaban J connectivity index is 2.06. The number of ether oxygens (including phenoxy) is 1. The van der Waals surface area contributed by atoms with Crippen LogP contribution in [-0.4, -0.2) is 6.61 Å². The maximum absolute atomic E-state index is 5.84. The molecule has 1 aliphatic rings. The first-order valence-corrected chi connectivity index (χ1v) is 7.10. The van der Waals surface area contributed by atoms with E-state index in [9.17, 15) is 0 Å². The van der Waals surface area contributed by atoms with Crippen LogP contribution in [0.1, 0.15) is 24.8 Å². The van der Waals surface area contributed by atoms with Gasteiger partial charge in [-0.3, -0.25) is 0 Å². The highest BCUT2D eigenvalue weighted by molar-refractivity contribution is 9.11. The molecule has 88 valence electrons. The minimum Gasteiger partial charge on any atom is -0.491 e. The second kappa shape index (κ2) is 5.52. The first-order valence-electron chi connectivity index (χ1n) is 5.51. The number of nitrogens with two attached hydrogens (primary N) is 1. The molecule has 0 bridgehead atoms. The van der Waals surface area contributed by atoms with Gasteiger partial charge >= 0.3 is 0 Å². The van der Waals surface area contributed by atoms with E-state index >= 15 is 0 Å². The lowest BCUT2D eigenvalue weighted by atomic mass is 9.86. The Bertz CT molecular complexity index is 354. The minimum absolute atomic E-state index is 0.542. The molecule has 16 heavy (non-hydrogen) atoms. The smallest absolute Gasteiger partial charge is 0.147 e. The van der Waals surface area contributed by atoms with Gasteiger partial charge < -0.3 is 10.5 Å². The van der Waals surface area contributed by atoms with Gasteiger partial charge in [0.1, 0.15) is 5.75 Å². The Morgan fingerprint density at radius 2 is 1.88 bits per heavy atom. The molecule has 0 amide bonds. The van der Waals surface area contributed by atoms with Crippen LogP contribution in [0, 0.1) is 5.92 Å². The van der Waals surface area contributed by atoms with Gasteiger partial charge in [-0.1, -0.05) is 6.42 Å². The van der Waals surface area contributed by atoms with Gasteiger partial charge in [-0.15, -0.1) is 0 Å². The molecule has 0 saturated heterocycles. The van der Waals surface area contributed by atoms with Gasteiger partial charge in [-0.2, -0.15) is 0 Å². The standard InChI is InChI=1S/C12H15Br2NO/c13-10-4-9(6-15)5-11(14)12(10)16-7-8-2-1-3-8/h4-5,8H,1-3,6-7,15H2. The number of hydrogen-bond acceptors (Lipinski definition) is 2. The molecule has 2 N–H and O–H groups in total. The first-order chi connectivity index (χ1) is 7.70. The fourth-order valence-electron chi connectivity index (χ4n) is 1.73. The molecule has 0 aliphatic heterocycles. The topological polar surface area (TPSA) is 35.2 Å². The van der Waals surface area contributed by atoms with Gasteiger partial charge in [0.05, 0.1) is 15.6 Å². The van der Waals surface area contributed by atoms with Crippen LogP contribution in [0.5, 0.6) is 5.75 Å². The van der Waals surface area contributed by atoms with Gasteiger partial charge in [-0.25, -0.2) is 0 Å². The van der Waals surface area contributed by atoms with Gasteiger partial charge in [0.25, 0.3) is 0 Å². The quantitative estimate of drug-likeness (QED) is 0.896. The minimum atomic E-state index is 0.542. The van der Waals surface area contributed by atoms with Crippen molar-refractivity contribution < 1.29 is 4.74 Å². The number of halogens is 2. The van der Waals surface area contributed by atoms with E-state index in [4.69, 9.17) is 10.5 Å². The third kappa shape index (κ3) is 2.79. The van der Waals surface area contributed by atoms with Gasteiger partial charge in [0, 0.05) is 6.54 Å². The average molecular weight is 349 g/mol. The van der Waals surface area contributed by atoms with Crippen LogP contribution in [0.4, 0.5) is 0 Å². The fraction of sp³-hybridized carbons (Fsp3) is 0.500. The molecule has 0 unspecified atom stereocenters. The van der Waals surface area contributed by atoms with Gasteiger partial charge in [0.2, 0.25) is 0 Å². The van der Waals surface area contributed by atoms with Crippen molar-refractivity contribution >= 4 is 31.9 Å². The van der Waals surface area contributed by atoms with Crippen molar-refractivity contribution in [2.45, 2.75) is 25.8 Å². The highest BCUT2D eigenvalue weighted by Crippen LogP contribution is 2.36. The van der Waals surface area contributed by atoms with Crippen molar-refractivity contribution in [3.8, 4) is 5.75 Å². The van der Waals surface area contributed by atoms with E-state index in [0.717, 1.165) is 32.8 Å². The molecular formula is C12H15Br2NO. The summed E-state index contributed by atoms with van der Waals surface area (Å²) in [6, 6.07) is 4.03. The summed E-state index contributed by atoms with van der Waals surface area (Å²) in [5.41, 5.74) is 6.70. The highest BCUT2D eigenvalue weighted by atomic mass is 79.9. The summed E-state index contributed by atoms with van der Waals surface area (Å²) in [5.74, 6) is 1.64. The maximum atomic E-state index is 5.84. The number of hydrogen-bond donors (Lipinski definition) is 1. The largest absolute Gasteiger partial charge is 0.491 e. The summed E-state index contributed by atoms with van der Waals surface area (Å²) in [6.07, 6.45) is 3.95. The van der Waals surface area contributed by atoms with Crippen molar-refractivity contribution in [3.63, 3.8) is 0 Å².